The van der Waals surface area contributed by atoms with E-state index in [1.54, 1.807) is 0 Å². The standard InChI is InChI=1S/C16H8F3NO2/c17-11-3-1-2-10(8-11)15-20-14(16(21)22-15)7-9-4-5-12(18)13(19)6-9/h1-8H. The molecular formula is C16H8F3NO2. The Labute approximate surface area is 123 Å². The van der Waals surface area contributed by atoms with Crippen LogP contribution < -0.4 is 0 Å². The van der Waals surface area contributed by atoms with Crippen molar-refractivity contribution < 1.29 is 22.7 Å². The van der Waals surface area contributed by atoms with Gasteiger partial charge in [-0.3, -0.25) is 0 Å². The number of carbonyl (C=O) groups excluding carboxylic acids is 1. The molecule has 110 valence electrons. The lowest BCUT2D eigenvalue weighted by molar-refractivity contribution is -0.129. The third-order valence-corrected chi connectivity index (χ3v) is 2.94. The van der Waals surface area contributed by atoms with Gasteiger partial charge in [0, 0.05) is 5.56 Å². The van der Waals surface area contributed by atoms with Gasteiger partial charge in [0.05, 0.1) is 0 Å². The van der Waals surface area contributed by atoms with E-state index in [0.29, 0.717) is 5.56 Å². The van der Waals surface area contributed by atoms with Crippen molar-refractivity contribution in [2.24, 2.45) is 4.99 Å². The van der Waals surface area contributed by atoms with Crippen LogP contribution in [0.25, 0.3) is 6.08 Å². The van der Waals surface area contributed by atoms with Crippen LogP contribution in [0, 0.1) is 17.5 Å². The zero-order valence-corrected chi connectivity index (χ0v) is 11.0. The Morgan fingerprint density at radius 3 is 2.55 bits per heavy atom. The molecule has 0 atom stereocenters. The zero-order valence-electron chi connectivity index (χ0n) is 11.0. The summed E-state index contributed by atoms with van der Waals surface area (Å²) in [6, 6.07) is 8.60. The first kappa shape index (κ1) is 14.1. The molecule has 1 aliphatic rings. The fourth-order valence-corrected chi connectivity index (χ4v) is 1.91. The van der Waals surface area contributed by atoms with Gasteiger partial charge in [-0.25, -0.2) is 23.0 Å². The van der Waals surface area contributed by atoms with Crippen molar-refractivity contribution in [2.45, 2.75) is 0 Å². The molecule has 0 amide bonds. The van der Waals surface area contributed by atoms with E-state index in [9.17, 15) is 18.0 Å². The average molecular weight is 303 g/mol. The van der Waals surface area contributed by atoms with Crippen molar-refractivity contribution in [1.29, 1.82) is 0 Å². The quantitative estimate of drug-likeness (QED) is 0.629. The molecule has 1 aliphatic heterocycles. The molecule has 0 saturated heterocycles. The fourth-order valence-electron chi connectivity index (χ4n) is 1.91. The lowest BCUT2D eigenvalue weighted by Gasteiger charge is -1.98. The second kappa shape index (κ2) is 5.48. The minimum Gasteiger partial charge on any atom is -0.402 e. The average Bonchev–Trinajstić information content (AvgIpc) is 2.84. The zero-order chi connectivity index (χ0) is 15.7. The summed E-state index contributed by atoms with van der Waals surface area (Å²) in [6.07, 6.45) is 1.26. The van der Waals surface area contributed by atoms with E-state index in [1.165, 1.54) is 36.4 Å². The second-order valence-corrected chi connectivity index (χ2v) is 4.52. The Bertz CT molecular complexity index is 828. The third kappa shape index (κ3) is 2.76. The molecule has 0 radical (unpaired) electrons. The number of esters is 1. The topological polar surface area (TPSA) is 38.7 Å². The largest absolute Gasteiger partial charge is 0.402 e. The first-order valence-electron chi connectivity index (χ1n) is 6.26. The Hall–Kier alpha value is -2.89. The van der Waals surface area contributed by atoms with Gasteiger partial charge in [-0.2, -0.15) is 0 Å². The first-order valence-corrected chi connectivity index (χ1v) is 6.26. The molecule has 2 aromatic rings. The van der Waals surface area contributed by atoms with Crippen LogP contribution in [-0.2, 0) is 9.53 Å². The number of halogens is 3. The fraction of sp³-hybridized carbons (Fsp3) is 0. The number of aliphatic imine (C=N–C) groups is 1. The predicted molar refractivity (Wildman–Crippen MR) is 73.4 cm³/mol. The molecule has 0 spiro atoms. The molecule has 1 heterocycles. The molecule has 0 bridgehead atoms. The molecule has 0 fully saturated rings. The van der Waals surface area contributed by atoms with Gasteiger partial charge >= 0.3 is 5.97 Å². The predicted octanol–water partition coefficient (Wildman–Crippen LogP) is 3.45. The Kier molecular flexibility index (Phi) is 3.50. The van der Waals surface area contributed by atoms with Gasteiger partial charge in [0.2, 0.25) is 5.90 Å². The minimum absolute atomic E-state index is 0.0432. The molecule has 0 unspecified atom stereocenters. The van der Waals surface area contributed by atoms with E-state index in [1.807, 2.05) is 0 Å². The van der Waals surface area contributed by atoms with Crippen molar-refractivity contribution >= 4 is 17.9 Å². The van der Waals surface area contributed by atoms with E-state index in [0.717, 1.165) is 12.1 Å². The Balaban J connectivity index is 1.95. The van der Waals surface area contributed by atoms with E-state index in [4.69, 9.17) is 4.74 Å². The van der Waals surface area contributed by atoms with Crippen LogP contribution in [0.3, 0.4) is 0 Å². The molecule has 3 nitrogen and oxygen atoms in total. The summed E-state index contributed by atoms with van der Waals surface area (Å²) in [5.41, 5.74) is 0.488. The summed E-state index contributed by atoms with van der Waals surface area (Å²) in [6.45, 7) is 0. The van der Waals surface area contributed by atoms with Crippen LogP contribution >= 0.6 is 0 Å². The molecule has 22 heavy (non-hydrogen) atoms. The van der Waals surface area contributed by atoms with E-state index in [2.05, 4.69) is 4.99 Å². The van der Waals surface area contributed by atoms with Crippen molar-refractivity contribution in [1.82, 2.24) is 0 Å². The maximum absolute atomic E-state index is 13.2. The number of carbonyl (C=O) groups is 1. The number of ether oxygens (including phenoxy) is 1. The van der Waals surface area contributed by atoms with Gasteiger partial charge < -0.3 is 4.74 Å². The number of hydrogen-bond acceptors (Lipinski definition) is 3. The highest BCUT2D eigenvalue weighted by Gasteiger charge is 2.24. The smallest absolute Gasteiger partial charge is 0.363 e. The van der Waals surface area contributed by atoms with Crippen LogP contribution in [0.4, 0.5) is 13.2 Å². The number of benzene rings is 2. The molecular weight excluding hydrogens is 295 g/mol. The SMILES string of the molecule is O=C1OC(c2cccc(F)c2)=NC1=Cc1ccc(F)c(F)c1. The van der Waals surface area contributed by atoms with Crippen LogP contribution in [0.1, 0.15) is 11.1 Å². The normalized spacial score (nSPS) is 15.9. The number of rotatable bonds is 2. The monoisotopic (exact) mass is 303 g/mol. The maximum atomic E-state index is 13.2. The summed E-state index contributed by atoms with van der Waals surface area (Å²) < 4.78 is 44.1. The number of nitrogens with zero attached hydrogens (tertiary/aromatic N) is 1. The lowest BCUT2D eigenvalue weighted by atomic mass is 10.2. The van der Waals surface area contributed by atoms with Crippen molar-refractivity contribution in [2.75, 3.05) is 0 Å². The third-order valence-electron chi connectivity index (χ3n) is 2.94. The van der Waals surface area contributed by atoms with Gasteiger partial charge in [-0.15, -0.1) is 0 Å². The Morgan fingerprint density at radius 1 is 1.00 bits per heavy atom. The summed E-state index contributed by atoms with van der Waals surface area (Å²) in [4.78, 5) is 15.7. The number of cyclic esters (lactones) is 1. The molecule has 6 heteroatoms. The van der Waals surface area contributed by atoms with Crippen LogP contribution in [-0.4, -0.2) is 11.9 Å². The van der Waals surface area contributed by atoms with E-state index in [-0.39, 0.29) is 17.2 Å². The Morgan fingerprint density at radius 2 is 1.82 bits per heavy atom. The number of hydrogen-bond donors (Lipinski definition) is 0. The minimum atomic E-state index is -1.03. The highest BCUT2D eigenvalue weighted by molar-refractivity contribution is 6.12. The highest BCUT2D eigenvalue weighted by atomic mass is 19.2. The maximum Gasteiger partial charge on any atom is 0.363 e. The molecule has 0 aliphatic carbocycles. The van der Waals surface area contributed by atoms with Gasteiger partial charge in [0.1, 0.15) is 5.82 Å². The van der Waals surface area contributed by atoms with Crippen LogP contribution in [0.2, 0.25) is 0 Å². The van der Waals surface area contributed by atoms with Crippen LogP contribution in [0.5, 0.6) is 0 Å². The van der Waals surface area contributed by atoms with Gasteiger partial charge in [-0.1, -0.05) is 12.1 Å². The van der Waals surface area contributed by atoms with Gasteiger partial charge in [0.25, 0.3) is 0 Å². The van der Waals surface area contributed by atoms with E-state index < -0.39 is 23.4 Å². The van der Waals surface area contributed by atoms with Crippen molar-refractivity contribution in [3.63, 3.8) is 0 Å². The highest BCUT2D eigenvalue weighted by Crippen LogP contribution is 2.20. The van der Waals surface area contributed by atoms with Gasteiger partial charge in [-0.05, 0) is 42.0 Å². The van der Waals surface area contributed by atoms with Gasteiger partial charge in [0.15, 0.2) is 17.3 Å². The summed E-state index contributed by atoms with van der Waals surface area (Å²) in [5.74, 6) is -3.30. The lowest BCUT2D eigenvalue weighted by Crippen LogP contribution is -2.05. The first-order chi connectivity index (χ1) is 10.5. The summed E-state index contributed by atoms with van der Waals surface area (Å²) >= 11 is 0. The summed E-state index contributed by atoms with van der Waals surface area (Å²) in [7, 11) is 0. The summed E-state index contributed by atoms with van der Waals surface area (Å²) in [5, 5.41) is 0. The van der Waals surface area contributed by atoms with Crippen molar-refractivity contribution in [3.8, 4) is 0 Å². The van der Waals surface area contributed by atoms with Crippen LogP contribution in [0.15, 0.2) is 53.2 Å². The molecule has 3 rings (SSSR count). The van der Waals surface area contributed by atoms with Crippen molar-refractivity contribution in [3.05, 3.63) is 76.7 Å². The molecule has 0 N–H and O–H groups in total. The molecule has 0 saturated carbocycles. The second-order valence-electron chi connectivity index (χ2n) is 4.52. The molecule has 0 aromatic heterocycles. The van der Waals surface area contributed by atoms with E-state index >= 15 is 0 Å². The molecule has 2 aromatic carbocycles.